The average Bonchev–Trinajstić information content (AvgIpc) is 2.27. The van der Waals surface area contributed by atoms with E-state index in [1.165, 1.54) is 0 Å². The fourth-order valence-corrected chi connectivity index (χ4v) is 2.32. The maximum Gasteiger partial charge on any atom is 0.0693 e. The minimum absolute atomic E-state index is 0.198. The van der Waals surface area contributed by atoms with Crippen LogP contribution in [-0.2, 0) is 6.54 Å². The van der Waals surface area contributed by atoms with Gasteiger partial charge in [0.2, 0.25) is 0 Å². The van der Waals surface area contributed by atoms with Gasteiger partial charge in [-0.25, -0.2) is 0 Å². The second kappa shape index (κ2) is 5.17. The predicted octanol–water partition coefficient (Wildman–Crippen LogP) is 2.54. The van der Waals surface area contributed by atoms with Gasteiger partial charge in [-0.3, -0.25) is 4.90 Å². The Bertz CT molecular complexity index is 356. The van der Waals surface area contributed by atoms with Crippen molar-refractivity contribution < 1.29 is 5.11 Å². The van der Waals surface area contributed by atoms with Crippen LogP contribution in [0.1, 0.15) is 18.9 Å². The third-order valence-electron chi connectivity index (χ3n) is 3.35. The summed E-state index contributed by atoms with van der Waals surface area (Å²) >= 11 is 6.12. The Kier molecular flexibility index (Phi) is 3.85. The Labute approximate surface area is 102 Å². The zero-order chi connectivity index (χ0) is 11.5. The Morgan fingerprint density at radius 1 is 1.44 bits per heavy atom. The standard InChI is InChI=1S/C13H18ClNO/c1-10-6-7-15(9-13(10)16)8-11-4-2-3-5-12(11)14/h2-5,10,13,16H,6-9H2,1H3. The summed E-state index contributed by atoms with van der Waals surface area (Å²) in [4.78, 5) is 2.27. The van der Waals surface area contributed by atoms with E-state index in [1.54, 1.807) is 0 Å². The number of piperidine rings is 1. The molecule has 0 spiro atoms. The quantitative estimate of drug-likeness (QED) is 0.858. The van der Waals surface area contributed by atoms with E-state index in [0.717, 1.165) is 36.6 Å². The van der Waals surface area contributed by atoms with Crippen molar-refractivity contribution in [3.05, 3.63) is 34.9 Å². The van der Waals surface area contributed by atoms with Crippen LogP contribution in [0.3, 0.4) is 0 Å². The molecule has 2 nitrogen and oxygen atoms in total. The highest BCUT2D eigenvalue weighted by Gasteiger charge is 2.24. The van der Waals surface area contributed by atoms with Gasteiger partial charge in [0.25, 0.3) is 0 Å². The third-order valence-corrected chi connectivity index (χ3v) is 3.72. The van der Waals surface area contributed by atoms with Gasteiger partial charge in [0.1, 0.15) is 0 Å². The van der Waals surface area contributed by atoms with Gasteiger partial charge in [0, 0.05) is 18.1 Å². The van der Waals surface area contributed by atoms with E-state index < -0.39 is 0 Å². The van der Waals surface area contributed by atoms with Gasteiger partial charge in [-0.2, -0.15) is 0 Å². The summed E-state index contributed by atoms with van der Waals surface area (Å²) in [5.74, 6) is 0.419. The number of hydrogen-bond donors (Lipinski definition) is 1. The highest BCUT2D eigenvalue weighted by Crippen LogP contribution is 2.22. The predicted molar refractivity (Wildman–Crippen MR) is 66.5 cm³/mol. The summed E-state index contributed by atoms with van der Waals surface area (Å²) in [6.45, 7) is 4.75. The van der Waals surface area contributed by atoms with Gasteiger partial charge in [0.15, 0.2) is 0 Å². The largest absolute Gasteiger partial charge is 0.392 e. The molecule has 1 fully saturated rings. The monoisotopic (exact) mass is 239 g/mol. The van der Waals surface area contributed by atoms with E-state index in [1.807, 2.05) is 24.3 Å². The maximum absolute atomic E-state index is 9.82. The highest BCUT2D eigenvalue weighted by atomic mass is 35.5. The van der Waals surface area contributed by atoms with Crippen molar-refractivity contribution in [2.75, 3.05) is 13.1 Å². The molecule has 0 amide bonds. The number of likely N-dealkylation sites (tertiary alicyclic amines) is 1. The highest BCUT2D eigenvalue weighted by molar-refractivity contribution is 6.31. The van der Waals surface area contributed by atoms with Crippen LogP contribution in [0.4, 0.5) is 0 Å². The lowest BCUT2D eigenvalue weighted by Crippen LogP contribution is -2.42. The molecule has 0 aliphatic carbocycles. The summed E-state index contributed by atoms with van der Waals surface area (Å²) in [5, 5.41) is 10.6. The van der Waals surface area contributed by atoms with Gasteiger partial charge in [-0.15, -0.1) is 0 Å². The minimum atomic E-state index is -0.198. The summed E-state index contributed by atoms with van der Waals surface area (Å²) < 4.78 is 0. The zero-order valence-corrected chi connectivity index (χ0v) is 10.3. The summed E-state index contributed by atoms with van der Waals surface area (Å²) in [5.41, 5.74) is 1.14. The van der Waals surface area contributed by atoms with Crippen LogP contribution in [0, 0.1) is 5.92 Å². The van der Waals surface area contributed by atoms with E-state index >= 15 is 0 Å². The molecule has 3 heteroatoms. The lowest BCUT2D eigenvalue weighted by Gasteiger charge is -2.34. The molecule has 1 heterocycles. The van der Waals surface area contributed by atoms with Crippen LogP contribution < -0.4 is 0 Å². The lowest BCUT2D eigenvalue weighted by atomic mass is 9.96. The van der Waals surface area contributed by atoms with Crippen molar-refractivity contribution >= 4 is 11.6 Å². The van der Waals surface area contributed by atoms with Crippen LogP contribution >= 0.6 is 11.6 Å². The van der Waals surface area contributed by atoms with Crippen LogP contribution in [0.2, 0.25) is 5.02 Å². The molecule has 88 valence electrons. The summed E-state index contributed by atoms with van der Waals surface area (Å²) in [6, 6.07) is 7.91. The van der Waals surface area contributed by atoms with Crippen LogP contribution in [0.15, 0.2) is 24.3 Å². The Morgan fingerprint density at radius 3 is 2.88 bits per heavy atom. The molecule has 2 unspecified atom stereocenters. The number of benzene rings is 1. The molecule has 0 aromatic heterocycles. The SMILES string of the molecule is CC1CCN(Cc2ccccc2Cl)CC1O. The number of rotatable bonds is 2. The van der Waals surface area contributed by atoms with Gasteiger partial charge in [-0.05, 0) is 30.5 Å². The molecule has 0 radical (unpaired) electrons. The van der Waals surface area contributed by atoms with Crippen molar-refractivity contribution in [1.82, 2.24) is 4.90 Å². The average molecular weight is 240 g/mol. The minimum Gasteiger partial charge on any atom is -0.392 e. The molecule has 16 heavy (non-hydrogen) atoms. The molecular formula is C13H18ClNO. The lowest BCUT2D eigenvalue weighted by molar-refractivity contribution is 0.0259. The first kappa shape index (κ1) is 11.9. The van der Waals surface area contributed by atoms with Crippen LogP contribution in [0.25, 0.3) is 0 Å². The van der Waals surface area contributed by atoms with E-state index in [0.29, 0.717) is 5.92 Å². The number of aliphatic hydroxyl groups is 1. The molecule has 1 saturated heterocycles. The van der Waals surface area contributed by atoms with Crippen molar-refractivity contribution in [3.63, 3.8) is 0 Å². The molecular weight excluding hydrogens is 222 g/mol. The first-order valence-corrected chi connectivity index (χ1v) is 6.18. The van der Waals surface area contributed by atoms with Gasteiger partial charge in [0.05, 0.1) is 6.10 Å². The second-order valence-corrected chi connectivity index (χ2v) is 5.07. The molecule has 2 atom stereocenters. The zero-order valence-electron chi connectivity index (χ0n) is 9.56. The van der Waals surface area contributed by atoms with Gasteiger partial charge < -0.3 is 5.11 Å². The van der Waals surface area contributed by atoms with E-state index in [2.05, 4.69) is 11.8 Å². The van der Waals surface area contributed by atoms with Crippen molar-refractivity contribution in [2.24, 2.45) is 5.92 Å². The number of nitrogens with zero attached hydrogens (tertiary/aromatic N) is 1. The van der Waals surface area contributed by atoms with Gasteiger partial charge >= 0.3 is 0 Å². The number of halogens is 1. The van der Waals surface area contributed by atoms with E-state index in [9.17, 15) is 5.11 Å². The molecule has 0 saturated carbocycles. The maximum atomic E-state index is 9.82. The summed E-state index contributed by atoms with van der Waals surface area (Å²) in [7, 11) is 0. The number of aliphatic hydroxyl groups excluding tert-OH is 1. The first-order valence-electron chi connectivity index (χ1n) is 5.80. The fourth-order valence-electron chi connectivity index (χ4n) is 2.13. The Morgan fingerprint density at radius 2 is 2.19 bits per heavy atom. The number of hydrogen-bond acceptors (Lipinski definition) is 2. The van der Waals surface area contributed by atoms with Crippen LogP contribution in [-0.4, -0.2) is 29.2 Å². The molecule has 1 aliphatic rings. The molecule has 2 rings (SSSR count). The van der Waals surface area contributed by atoms with Crippen molar-refractivity contribution in [3.8, 4) is 0 Å². The smallest absolute Gasteiger partial charge is 0.0693 e. The van der Waals surface area contributed by atoms with Crippen molar-refractivity contribution in [1.29, 1.82) is 0 Å². The topological polar surface area (TPSA) is 23.5 Å². The van der Waals surface area contributed by atoms with E-state index in [-0.39, 0.29) is 6.10 Å². The molecule has 1 aromatic rings. The fraction of sp³-hybridized carbons (Fsp3) is 0.538. The Hall–Kier alpha value is -0.570. The van der Waals surface area contributed by atoms with E-state index in [4.69, 9.17) is 11.6 Å². The molecule has 1 N–H and O–H groups in total. The summed E-state index contributed by atoms with van der Waals surface area (Å²) in [6.07, 6.45) is 0.863. The third kappa shape index (κ3) is 2.76. The molecule has 1 aliphatic heterocycles. The van der Waals surface area contributed by atoms with Crippen molar-refractivity contribution in [2.45, 2.75) is 26.0 Å². The van der Waals surface area contributed by atoms with Gasteiger partial charge in [-0.1, -0.05) is 36.7 Å². The Balaban J connectivity index is 1.98. The normalized spacial score (nSPS) is 26.9. The van der Waals surface area contributed by atoms with Crippen LogP contribution in [0.5, 0.6) is 0 Å². The first-order chi connectivity index (χ1) is 7.66. The molecule has 1 aromatic carbocycles. The number of β-amino-alcohol motifs (C(OH)–C–C–N with tert-alkyl or cyclic N) is 1. The second-order valence-electron chi connectivity index (χ2n) is 4.66. The molecule has 0 bridgehead atoms.